The van der Waals surface area contributed by atoms with E-state index in [0.29, 0.717) is 31.1 Å². The molecule has 144 valence electrons. The summed E-state index contributed by atoms with van der Waals surface area (Å²) in [6, 6.07) is 9.34. The van der Waals surface area contributed by atoms with Gasteiger partial charge in [0.25, 0.3) is 5.91 Å². The zero-order valence-electron chi connectivity index (χ0n) is 16.0. The van der Waals surface area contributed by atoms with Crippen LogP contribution in [-0.4, -0.2) is 53.4 Å². The van der Waals surface area contributed by atoms with Gasteiger partial charge in [-0.2, -0.15) is 5.10 Å². The molecule has 0 saturated carbocycles. The summed E-state index contributed by atoms with van der Waals surface area (Å²) in [6.07, 6.45) is 1.54. The van der Waals surface area contributed by atoms with Crippen LogP contribution >= 0.6 is 0 Å². The van der Waals surface area contributed by atoms with E-state index in [-0.39, 0.29) is 17.8 Å². The number of carbonyl (C=O) groups is 2. The van der Waals surface area contributed by atoms with Crippen LogP contribution < -0.4 is 4.74 Å². The fourth-order valence-electron chi connectivity index (χ4n) is 3.37. The standard InChI is InChI=1S/C20H25N3O4/c1-4-27-20(25)15-8-6-10-23(13-15)19(24)18-12-17(21-22(18)2)14-7-5-9-16(11-14)26-3/h5,7,9,11-12,15H,4,6,8,10,13H2,1-3H3. The van der Waals surface area contributed by atoms with Crippen molar-refractivity contribution in [3.63, 3.8) is 0 Å². The summed E-state index contributed by atoms with van der Waals surface area (Å²) in [4.78, 5) is 26.8. The number of aromatic nitrogens is 2. The smallest absolute Gasteiger partial charge is 0.310 e. The number of benzene rings is 1. The molecule has 27 heavy (non-hydrogen) atoms. The first-order valence-electron chi connectivity index (χ1n) is 9.17. The molecule has 1 saturated heterocycles. The van der Waals surface area contributed by atoms with Gasteiger partial charge in [0.1, 0.15) is 11.4 Å². The van der Waals surface area contributed by atoms with E-state index < -0.39 is 0 Å². The number of hydrogen-bond donors (Lipinski definition) is 0. The number of piperidine rings is 1. The normalized spacial score (nSPS) is 16.9. The van der Waals surface area contributed by atoms with Crippen molar-refractivity contribution in [1.29, 1.82) is 0 Å². The Morgan fingerprint density at radius 3 is 2.85 bits per heavy atom. The molecular formula is C20H25N3O4. The Bertz CT molecular complexity index is 830. The van der Waals surface area contributed by atoms with Gasteiger partial charge < -0.3 is 14.4 Å². The van der Waals surface area contributed by atoms with Crippen molar-refractivity contribution in [2.45, 2.75) is 19.8 Å². The number of hydrogen-bond acceptors (Lipinski definition) is 5. The highest BCUT2D eigenvalue weighted by molar-refractivity contribution is 5.94. The lowest BCUT2D eigenvalue weighted by atomic mass is 9.98. The summed E-state index contributed by atoms with van der Waals surface area (Å²) in [7, 11) is 3.37. The van der Waals surface area contributed by atoms with Crippen LogP contribution in [-0.2, 0) is 16.6 Å². The number of aryl methyl sites for hydroxylation is 1. The van der Waals surface area contributed by atoms with Crippen molar-refractivity contribution in [2.24, 2.45) is 13.0 Å². The largest absolute Gasteiger partial charge is 0.497 e. The van der Waals surface area contributed by atoms with Gasteiger partial charge in [-0.05, 0) is 38.0 Å². The predicted molar refractivity (Wildman–Crippen MR) is 100 cm³/mol. The summed E-state index contributed by atoms with van der Waals surface area (Å²) in [5, 5.41) is 4.48. The van der Waals surface area contributed by atoms with Crippen LogP contribution in [0.4, 0.5) is 0 Å². The summed E-state index contributed by atoms with van der Waals surface area (Å²) in [5.74, 6) is 0.137. The van der Waals surface area contributed by atoms with Gasteiger partial charge in [-0.15, -0.1) is 0 Å². The zero-order chi connectivity index (χ0) is 19.4. The molecule has 1 aliphatic rings. The van der Waals surface area contributed by atoms with E-state index in [1.54, 1.807) is 36.7 Å². The number of nitrogens with zero attached hydrogens (tertiary/aromatic N) is 3. The second-order valence-electron chi connectivity index (χ2n) is 6.61. The number of methoxy groups -OCH3 is 1. The van der Waals surface area contributed by atoms with E-state index in [1.807, 2.05) is 24.3 Å². The second kappa shape index (κ2) is 8.24. The van der Waals surface area contributed by atoms with Crippen molar-refractivity contribution in [1.82, 2.24) is 14.7 Å². The van der Waals surface area contributed by atoms with Crippen LogP contribution in [0.5, 0.6) is 5.75 Å². The quantitative estimate of drug-likeness (QED) is 0.755. The van der Waals surface area contributed by atoms with Crippen molar-refractivity contribution in [3.05, 3.63) is 36.0 Å². The van der Waals surface area contributed by atoms with Gasteiger partial charge in [0.15, 0.2) is 0 Å². The van der Waals surface area contributed by atoms with E-state index in [9.17, 15) is 9.59 Å². The monoisotopic (exact) mass is 371 g/mol. The Morgan fingerprint density at radius 1 is 1.30 bits per heavy atom. The zero-order valence-corrected chi connectivity index (χ0v) is 16.0. The molecule has 1 aromatic heterocycles. The Kier molecular flexibility index (Phi) is 5.78. The molecule has 0 aliphatic carbocycles. The minimum Gasteiger partial charge on any atom is -0.497 e. The highest BCUT2D eigenvalue weighted by Gasteiger charge is 2.31. The molecule has 7 nitrogen and oxygen atoms in total. The number of carbonyl (C=O) groups excluding carboxylic acids is 2. The number of esters is 1. The van der Waals surface area contributed by atoms with Gasteiger partial charge >= 0.3 is 5.97 Å². The third-order valence-corrected chi connectivity index (χ3v) is 4.79. The molecule has 7 heteroatoms. The maximum atomic E-state index is 13.0. The summed E-state index contributed by atoms with van der Waals surface area (Å²) in [5.41, 5.74) is 2.09. The molecule has 1 unspecified atom stereocenters. The van der Waals surface area contributed by atoms with Crippen LogP contribution in [0.15, 0.2) is 30.3 Å². The molecule has 1 fully saturated rings. The van der Waals surface area contributed by atoms with Crippen LogP contribution in [0.1, 0.15) is 30.3 Å². The molecular weight excluding hydrogens is 346 g/mol. The van der Waals surface area contributed by atoms with Crippen LogP contribution in [0.2, 0.25) is 0 Å². The van der Waals surface area contributed by atoms with Crippen molar-refractivity contribution in [3.8, 4) is 17.0 Å². The first kappa shape index (κ1) is 18.9. The number of rotatable bonds is 5. The lowest BCUT2D eigenvalue weighted by molar-refractivity contribution is -0.149. The first-order chi connectivity index (χ1) is 13.0. The minimum atomic E-state index is -0.256. The van der Waals surface area contributed by atoms with Gasteiger partial charge in [0, 0.05) is 25.7 Å². The summed E-state index contributed by atoms with van der Waals surface area (Å²) in [6.45, 7) is 3.17. The van der Waals surface area contributed by atoms with E-state index >= 15 is 0 Å². The van der Waals surface area contributed by atoms with Gasteiger partial charge in [-0.3, -0.25) is 14.3 Å². The molecule has 1 amide bonds. The number of likely N-dealkylation sites (tertiary alicyclic amines) is 1. The first-order valence-corrected chi connectivity index (χ1v) is 9.17. The molecule has 0 N–H and O–H groups in total. The van der Waals surface area contributed by atoms with Gasteiger partial charge in [-0.25, -0.2) is 0 Å². The van der Waals surface area contributed by atoms with Gasteiger partial charge in [0.2, 0.25) is 0 Å². The van der Waals surface area contributed by atoms with Gasteiger partial charge in [-0.1, -0.05) is 12.1 Å². The topological polar surface area (TPSA) is 73.7 Å². The second-order valence-corrected chi connectivity index (χ2v) is 6.61. The van der Waals surface area contributed by atoms with Crippen LogP contribution in [0, 0.1) is 5.92 Å². The number of amides is 1. The average Bonchev–Trinajstić information content (AvgIpc) is 3.09. The van der Waals surface area contributed by atoms with E-state index in [0.717, 1.165) is 24.2 Å². The molecule has 2 heterocycles. The molecule has 1 atom stereocenters. The minimum absolute atomic E-state index is 0.117. The molecule has 0 spiro atoms. The molecule has 0 bridgehead atoms. The Balaban J connectivity index is 1.79. The fraction of sp³-hybridized carbons (Fsp3) is 0.450. The lowest BCUT2D eigenvalue weighted by Gasteiger charge is -2.31. The molecule has 3 rings (SSSR count). The van der Waals surface area contributed by atoms with Crippen LogP contribution in [0.25, 0.3) is 11.3 Å². The SMILES string of the molecule is CCOC(=O)C1CCCN(C(=O)c2cc(-c3cccc(OC)c3)nn2C)C1. The van der Waals surface area contributed by atoms with E-state index in [2.05, 4.69) is 5.10 Å². The van der Waals surface area contributed by atoms with Crippen molar-refractivity contribution in [2.75, 3.05) is 26.8 Å². The van der Waals surface area contributed by atoms with E-state index in [4.69, 9.17) is 9.47 Å². The molecule has 0 radical (unpaired) electrons. The maximum Gasteiger partial charge on any atom is 0.310 e. The van der Waals surface area contributed by atoms with Crippen molar-refractivity contribution >= 4 is 11.9 Å². The Hall–Kier alpha value is -2.83. The third-order valence-electron chi connectivity index (χ3n) is 4.79. The van der Waals surface area contributed by atoms with Crippen molar-refractivity contribution < 1.29 is 19.1 Å². The van der Waals surface area contributed by atoms with Crippen LogP contribution in [0.3, 0.4) is 0 Å². The Labute approximate surface area is 158 Å². The molecule has 2 aromatic rings. The Morgan fingerprint density at radius 2 is 2.11 bits per heavy atom. The predicted octanol–water partition coefficient (Wildman–Crippen LogP) is 2.51. The maximum absolute atomic E-state index is 13.0. The summed E-state index contributed by atoms with van der Waals surface area (Å²) < 4.78 is 12.0. The molecule has 1 aliphatic heterocycles. The molecule has 1 aromatic carbocycles. The van der Waals surface area contributed by atoms with Gasteiger partial charge in [0.05, 0.1) is 25.3 Å². The highest BCUT2D eigenvalue weighted by Crippen LogP contribution is 2.25. The summed E-state index contributed by atoms with van der Waals surface area (Å²) >= 11 is 0. The average molecular weight is 371 g/mol. The van der Waals surface area contributed by atoms with E-state index in [1.165, 1.54) is 0 Å². The highest BCUT2D eigenvalue weighted by atomic mass is 16.5. The fourth-order valence-corrected chi connectivity index (χ4v) is 3.37. The lowest BCUT2D eigenvalue weighted by Crippen LogP contribution is -2.43. The number of ether oxygens (including phenoxy) is 2. The third kappa shape index (κ3) is 4.13.